The highest BCUT2D eigenvalue weighted by Crippen LogP contribution is 2.30. The van der Waals surface area contributed by atoms with Crippen LogP contribution in [0.5, 0.6) is 0 Å². The van der Waals surface area contributed by atoms with E-state index in [9.17, 15) is 9.59 Å². The van der Waals surface area contributed by atoms with E-state index in [0.29, 0.717) is 34.7 Å². The molecule has 7 nitrogen and oxygen atoms in total. The van der Waals surface area contributed by atoms with Crippen molar-refractivity contribution in [1.82, 2.24) is 14.9 Å². The lowest BCUT2D eigenvalue weighted by Crippen LogP contribution is -2.38. The summed E-state index contributed by atoms with van der Waals surface area (Å²) >= 11 is 7.29. The number of pyridine rings is 1. The van der Waals surface area contributed by atoms with Crippen molar-refractivity contribution in [3.63, 3.8) is 0 Å². The number of anilines is 1. The zero-order valence-electron chi connectivity index (χ0n) is 21.5. The van der Waals surface area contributed by atoms with E-state index in [2.05, 4.69) is 29.0 Å². The first-order valence-electron chi connectivity index (χ1n) is 12.7. The van der Waals surface area contributed by atoms with Crippen LogP contribution >= 0.6 is 22.9 Å². The first-order chi connectivity index (χ1) is 18.3. The van der Waals surface area contributed by atoms with E-state index in [-0.39, 0.29) is 0 Å². The summed E-state index contributed by atoms with van der Waals surface area (Å²) < 4.78 is 5.86. The summed E-state index contributed by atoms with van der Waals surface area (Å²) in [5.74, 6) is -0.914. The standard InChI is InChI=1S/C29H29ClN4O3S/c1-4-25(27(35)33-29-32-24(16-38-29)18-9-11-19(30)12-10-18)37-28(36)26-20-7-5-6-8-22(20)31-23-13-14-34(17(2)3)15-21(23)26/h5-12,16-17,25H,4,13-15H2,1-3H3,(H,32,33,35). The first-order valence-corrected chi connectivity index (χ1v) is 14.0. The van der Waals surface area contributed by atoms with E-state index in [1.54, 1.807) is 12.1 Å². The number of amides is 1. The molecule has 0 aliphatic carbocycles. The van der Waals surface area contributed by atoms with E-state index >= 15 is 0 Å². The lowest BCUT2D eigenvalue weighted by Gasteiger charge is -2.32. The molecule has 1 amide bonds. The Balaban J connectivity index is 1.38. The number of ether oxygens (including phenoxy) is 1. The van der Waals surface area contributed by atoms with Crippen molar-refractivity contribution in [1.29, 1.82) is 0 Å². The highest BCUT2D eigenvalue weighted by Gasteiger charge is 2.30. The molecule has 0 saturated heterocycles. The van der Waals surface area contributed by atoms with Gasteiger partial charge in [-0.3, -0.25) is 20.0 Å². The molecule has 2 aromatic carbocycles. The van der Waals surface area contributed by atoms with Crippen LogP contribution in [-0.2, 0) is 22.5 Å². The lowest BCUT2D eigenvalue weighted by atomic mass is 9.95. The Kier molecular flexibility index (Phi) is 7.74. The van der Waals surface area contributed by atoms with E-state index in [1.807, 2.05) is 48.7 Å². The van der Waals surface area contributed by atoms with Crippen molar-refractivity contribution in [2.24, 2.45) is 0 Å². The number of aromatic nitrogens is 2. The molecule has 1 aliphatic rings. The number of carbonyl (C=O) groups excluding carboxylic acids is 2. The fourth-order valence-electron chi connectivity index (χ4n) is 4.67. The maximum Gasteiger partial charge on any atom is 0.340 e. The predicted octanol–water partition coefficient (Wildman–Crippen LogP) is 6.35. The number of para-hydroxylation sites is 1. The van der Waals surface area contributed by atoms with E-state index < -0.39 is 18.0 Å². The van der Waals surface area contributed by atoms with Gasteiger partial charge in [0.2, 0.25) is 0 Å². The van der Waals surface area contributed by atoms with Gasteiger partial charge in [-0.05, 0) is 38.5 Å². The Morgan fingerprint density at radius 2 is 1.89 bits per heavy atom. The zero-order valence-corrected chi connectivity index (χ0v) is 23.1. The second-order valence-corrected chi connectivity index (χ2v) is 10.9. The summed E-state index contributed by atoms with van der Waals surface area (Å²) in [6, 6.07) is 15.3. The number of fused-ring (bicyclic) bond motifs is 2. The van der Waals surface area contributed by atoms with Crippen molar-refractivity contribution < 1.29 is 14.3 Å². The van der Waals surface area contributed by atoms with Gasteiger partial charge in [-0.15, -0.1) is 11.3 Å². The minimum atomic E-state index is -0.960. The second-order valence-electron chi connectivity index (χ2n) is 9.58. The number of esters is 1. The maximum absolute atomic E-state index is 13.7. The average Bonchev–Trinajstić information content (AvgIpc) is 3.38. The van der Waals surface area contributed by atoms with Gasteiger partial charge < -0.3 is 4.74 Å². The summed E-state index contributed by atoms with van der Waals surface area (Å²) in [5.41, 5.74) is 4.69. The number of thiazole rings is 1. The number of nitrogens with one attached hydrogen (secondary N) is 1. The number of halogens is 1. The van der Waals surface area contributed by atoms with Gasteiger partial charge in [0.1, 0.15) is 0 Å². The van der Waals surface area contributed by atoms with Gasteiger partial charge in [0.25, 0.3) is 5.91 Å². The largest absolute Gasteiger partial charge is 0.449 e. The molecular formula is C29H29ClN4O3S. The van der Waals surface area contributed by atoms with Crippen LogP contribution in [0.15, 0.2) is 53.9 Å². The van der Waals surface area contributed by atoms with E-state index in [4.69, 9.17) is 21.3 Å². The molecule has 1 N–H and O–H groups in total. The molecule has 1 atom stereocenters. The Hall–Kier alpha value is -3.33. The van der Waals surface area contributed by atoms with Crippen LogP contribution in [0.1, 0.15) is 48.8 Å². The van der Waals surface area contributed by atoms with Gasteiger partial charge in [0.05, 0.1) is 16.8 Å². The van der Waals surface area contributed by atoms with Gasteiger partial charge in [0.15, 0.2) is 11.2 Å². The Morgan fingerprint density at radius 1 is 1.13 bits per heavy atom. The number of carbonyl (C=O) groups is 2. The monoisotopic (exact) mass is 548 g/mol. The fourth-order valence-corrected chi connectivity index (χ4v) is 5.51. The molecule has 0 fully saturated rings. The van der Waals surface area contributed by atoms with Crippen molar-refractivity contribution in [3.05, 3.63) is 75.8 Å². The van der Waals surface area contributed by atoms with Crippen molar-refractivity contribution in [2.75, 3.05) is 11.9 Å². The molecule has 4 aromatic rings. The molecule has 0 radical (unpaired) electrons. The minimum Gasteiger partial charge on any atom is -0.449 e. The van der Waals surface area contributed by atoms with Crippen LogP contribution in [0.4, 0.5) is 5.13 Å². The smallest absolute Gasteiger partial charge is 0.340 e. The molecule has 3 heterocycles. The van der Waals surface area contributed by atoms with Crippen LogP contribution in [0.3, 0.4) is 0 Å². The van der Waals surface area contributed by atoms with Crippen molar-refractivity contribution in [2.45, 2.75) is 52.3 Å². The highest BCUT2D eigenvalue weighted by atomic mass is 35.5. The average molecular weight is 549 g/mol. The quantitative estimate of drug-likeness (QED) is 0.271. The molecule has 1 aliphatic heterocycles. The summed E-state index contributed by atoms with van der Waals surface area (Å²) in [6.45, 7) is 7.61. The molecule has 1 unspecified atom stereocenters. The minimum absolute atomic E-state index is 0.330. The van der Waals surface area contributed by atoms with E-state index in [0.717, 1.165) is 46.4 Å². The van der Waals surface area contributed by atoms with Gasteiger partial charge in [-0.1, -0.05) is 48.9 Å². The van der Waals surface area contributed by atoms with Crippen molar-refractivity contribution >= 4 is 50.8 Å². The second kappa shape index (κ2) is 11.2. The predicted molar refractivity (Wildman–Crippen MR) is 152 cm³/mol. The van der Waals surface area contributed by atoms with E-state index in [1.165, 1.54) is 11.3 Å². The van der Waals surface area contributed by atoms with Crippen LogP contribution in [0, 0.1) is 0 Å². The SMILES string of the molecule is CCC(OC(=O)c1c2c(nc3ccccc13)CCN(C(C)C)C2)C(=O)Nc1nc(-c2ccc(Cl)cc2)cs1. The summed E-state index contributed by atoms with van der Waals surface area (Å²) in [6.07, 6.45) is 0.130. The Morgan fingerprint density at radius 3 is 2.63 bits per heavy atom. The third kappa shape index (κ3) is 5.43. The molecule has 0 bridgehead atoms. The Labute approximate surface area is 230 Å². The number of hydrogen-bond acceptors (Lipinski definition) is 7. The molecule has 196 valence electrons. The molecule has 5 rings (SSSR count). The third-order valence-corrected chi connectivity index (χ3v) is 7.81. The topological polar surface area (TPSA) is 84.4 Å². The molecule has 38 heavy (non-hydrogen) atoms. The molecule has 9 heteroatoms. The summed E-state index contributed by atoms with van der Waals surface area (Å²) in [5, 5.41) is 6.50. The van der Waals surface area contributed by atoms with Gasteiger partial charge in [-0.25, -0.2) is 9.78 Å². The zero-order chi connectivity index (χ0) is 26.8. The third-order valence-electron chi connectivity index (χ3n) is 6.80. The summed E-state index contributed by atoms with van der Waals surface area (Å²) in [4.78, 5) is 38.5. The summed E-state index contributed by atoms with van der Waals surface area (Å²) in [7, 11) is 0. The number of nitrogens with zero attached hydrogens (tertiary/aromatic N) is 3. The number of hydrogen-bond donors (Lipinski definition) is 1. The van der Waals surface area contributed by atoms with Gasteiger partial charge in [0, 0.05) is 58.2 Å². The molecule has 0 saturated carbocycles. The van der Waals surface area contributed by atoms with Gasteiger partial charge >= 0.3 is 5.97 Å². The molecule has 0 spiro atoms. The lowest BCUT2D eigenvalue weighted by molar-refractivity contribution is -0.124. The first kappa shape index (κ1) is 26.3. The maximum atomic E-state index is 13.7. The molecular weight excluding hydrogens is 520 g/mol. The highest BCUT2D eigenvalue weighted by molar-refractivity contribution is 7.14. The van der Waals surface area contributed by atoms with Crippen LogP contribution in [0.25, 0.3) is 22.2 Å². The molecule has 2 aromatic heterocycles. The normalized spacial score (nSPS) is 14.3. The van der Waals surface area contributed by atoms with Gasteiger partial charge in [-0.2, -0.15) is 0 Å². The fraction of sp³-hybridized carbons (Fsp3) is 0.310. The van der Waals surface area contributed by atoms with Crippen LogP contribution < -0.4 is 5.32 Å². The van der Waals surface area contributed by atoms with Crippen LogP contribution in [0.2, 0.25) is 5.02 Å². The van der Waals surface area contributed by atoms with Crippen LogP contribution in [-0.4, -0.2) is 45.4 Å². The Bertz CT molecular complexity index is 1490. The number of benzene rings is 2. The number of rotatable bonds is 7. The van der Waals surface area contributed by atoms with Crippen molar-refractivity contribution in [3.8, 4) is 11.3 Å².